The van der Waals surface area contributed by atoms with E-state index < -0.39 is 11.9 Å². The first-order valence-electron chi connectivity index (χ1n) is 7.39. The van der Waals surface area contributed by atoms with Gasteiger partial charge in [0.25, 0.3) is 0 Å². The first-order chi connectivity index (χ1) is 11.5. The largest absolute Gasteiger partial charge is 0.478 e. The lowest BCUT2D eigenvalue weighted by molar-refractivity contribution is -0.134. The van der Waals surface area contributed by atoms with Crippen molar-refractivity contribution in [2.75, 3.05) is 6.54 Å². The lowest BCUT2D eigenvalue weighted by Gasteiger charge is -2.16. The van der Waals surface area contributed by atoms with Crippen molar-refractivity contribution >= 4 is 17.7 Å². The van der Waals surface area contributed by atoms with Crippen LogP contribution in [0.25, 0.3) is 11.3 Å². The van der Waals surface area contributed by atoms with Crippen LogP contribution in [-0.2, 0) is 16.1 Å². The first-order valence-corrected chi connectivity index (χ1v) is 7.39. The lowest BCUT2D eigenvalue weighted by atomic mass is 10.1. The van der Waals surface area contributed by atoms with Gasteiger partial charge in [0.1, 0.15) is 0 Å². The number of carboxylic acids is 2. The smallest absolute Gasteiger partial charge is 0.328 e. The number of aromatic nitrogens is 1. The molecule has 1 aliphatic heterocycles. The summed E-state index contributed by atoms with van der Waals surface area (Å²) >= 11 is 0. The molecule has 6 nitrogen and oxygen atoms in total. The van der Waals surface area contributed by atoms with Crippen molar-refractivity contribution in [3.63, 3.8) is 0 Å². The molecule has 0 bridgehead atoms. The second kappa shape index (κ2) is 7.92. The fraction of sp³-hybridized carbons (Fsp3) is 0.167. The quantitative estimate of drug-likeness (QED) is 0.848. The molecule has 124 valence electrons. The van der Waals surface area contributed by atoms with Crippen LogP contribution in [0.3, 0.4) is 0 Å². The van der Waals surface area contributed by atoms with Crippen molar-refractivity contribution in [1.82, 2.24) is 4.57 Å². The summed E-state index contributed by atoms with van der Waals surface area (Å²) in [5, 5.41) is 15.6. The predicted molar refractivity (Wildman–Crippen MR) is 91.4 cm³/mol. The highest BCUT2D eigenvalue weighted by molar-refractivity contribution is 5.98. The van der Waals surface area contributed by atoms with E-state index in [1.54, 1.807) is 0 Å². The van der Waals surface area contributed by atoms with Gasteiger partial charge in [-0.1, -0.05) is 30.3 Å². The number of hydrogen-bond acceptors (Lipinski definition) is 3. The van der Waals surface area contributed by atoms with Crippen LogP contribution in [-0.4, -0.2) is 39.0 Å². The van der Waals surface area contributed by atoms with Crippen LogP contribution in [0.4, 0.5) is 0 Å². The maximum absolute atomic E-state index is 9.55. The third kappa shape index (κ3) is 4.42. The normalized spacial score (nSPS) is 12.8. The second-order valence-electron chi connectivity index (χ2n) is 5.10. The molecular weight excluding hydrogens is 308 g/mol. The molecule has 1 aromatic carbocycles. The van der Waals surface area contributed by atoms with Crippen LogP contribution in [0.5, 0.6) is 0 Å². The van der Waals surface area contributed by atoms with Crippen LogP contribution in [0.1, 0.15) is 12.6 Å². The number of hydrogen-bond donors (Lipinski definition) is 2. The molecule has 1 aliphatic rings. The van der Waals surface area contributed by atoms with Crippen molar-refractivity contribution in [1.29, 1.82) is 0 Å². The molecule has 2 heterocycles. The first kappa shape index (κ1) is 17.2. The van der Waals surface area contributed by atoms with Gasteiger partial charge in [0, 0.05) is 24.4 Å². The van der Waals surface area contributed by atoms with Crippen LogP contribution in [0.15, 0.2) is 59.6 Å². The molecule has 0 unspecified atom stereocenters. The zero-order valence-corrected chi connectivity index (χ0v) is 13.2. The second-order valence-corrected chi connectivity index (χ2v) is 5.10. The number of carbonyl (C=O) groups is 2. The van der Waals surface area contributed by atoms with Gasteiger partial charge in [-0.05, 0) is 24.6 Å². The Morgan fingerprint density at radius 2 is 1.58 bits per heavy atom. The third-order valence-corrected chi connectivity index (χ3v) is 3.46. The van der Waals surface area contributed by atoms with Crippen molar-refractivity contribution in [2.24, 2.45) is 4.99 Å². The number of benzene rings is 1. The molecule has 0 spiro atoms. The summed E-state index contributed by atoms with van der Waals surface area (Å²) in [5.74, 6) is -2.51. The summed E-state index contributed by atoms with van der Waals surface area (Å²) in [6.45, 7) is 3.97. The van der Waals surface area contributed by atoms with E-state index in [1.165, 1.54) is 17.0 Å². The van der Waals surface area contributed by atoms with E-state index in [2.05, 4.69) is 58.9 Å². The van der Waals surface area contributed by atoms with E-state index in [4.69, 9.17) is 10.2 Å². The number of aliphatic carboxylic acids is 2. The third-order valence-electron chi connectivity index (χ3n) is 3.46. The molecule has 0 fully saturated rings. The Bertz CT molecular complexity index is 773. The molecule has 24 heavy (non-hydrogen) atoms. The predicted octanol–water partition coefficient (Wildman–Crippen LogP) is 2.69. The Hall–Kier alpha value is -3.15. The fourth-order valence-electron chi connectivity index (χ4n) is 2.43. The molecule has 0 saturated heterocycles. The summed E-state index contributed by atoms with van der Waals surface area (Å²) in [4.78, 5) is 23.6. The van der Waals surface area contributed by atoms with Crippen LogP contribution in [0.2, 0.25) is 0 Å². The van der Waals surface area contributed by atoms with Gasteiger partial charge in [-0.3, -0.25) is 4.99 Å². The Kier molecular flexibility index (Phi) is 5.68. The SMILES string of the molecule is CC1=NCCn2c1ccc2-c1ccccc1.O=C(O)/C=C/C(=O)O. The minimum atomic E-state index is -1.26. The average Bonchev–Trinajstić information content (AvgIpc) is 3.00. The molecule has 6 heteroatoms. The summed E-state index contributed by atoms with van der Waals surface area (Å²) < 4.78 is 2.36. The minimum Gasteiger partial charge on any atom is -0.478 e. The van der Waals surface area contributed by atoms with Gasteiger partial charge in [0.05, 0.1) is 18.0 Å². The molecule has 1 aromatic heterocycles. The molecule has 3 rings (SSSR count). The van der Waals surface area contributed by atoms with Gasteiger partial charge >= 0.3 is 11.9 Å². The summed E-state index contributed by atoms with van der Waals surface area (Å²) in [5.41, 5.74) is 4.98. The molecule has 2 aromatic rings. The number of carboxylic acid groups (broad SMARTS) is 2. The summed E-state index contributed by atoms with van der Waals surface area (Å²) in [6.07, 6.45) is 1.12. The molecule has 2 N–H and O–H groups in total. The number of fused-ring (bicyclic) bond motifs is 1. The van der Waals surface area contributed by atoms with Gasteiger partial charge in [-0.25, -0.2) is 9.59 Å². The Balaban J connectivity index is 0.000000224. The van der Waals surface area contributed by atoms with Crippen LogP contribution >= 0.6 is 0 Å². The number of rotatable bonds is 3. The highest BCUT2D eigenvalue weighted by atomic mass is 16.4. The van der Waals surface area contributed by atoms with E-state index >= 15 is 0 Å². The Morgan fingerprint density at radius 1 is 1.00 bits per heavy atom. The van der Waals surface area contributed by atoms with E-state index in [1.807, 2.05) is 0 Å². The molecule has 0 aliphatic carbocycles. The van der Waals surface area contributed by atoms with Gasteiger partial charge in [0.15, 0.2) is 0 Å². The van der Waals surface area contributed by atoms with E-state index in [0.29, 0.717) is 12.2 Å². The highest BCUT2D eigenvalue weighted by Crippen LogP contribution is 2.24. The van der Waals surface area contributed by atoms with E-state index in [-0.39, 0.29) is 0 Å². The molecule has 0 saturated carbocycles. The van der Waals surface area contributed by atoms with Crippen molar-refractivity contribution in [3.8, 4) is 11.3 Å². The van der Waals surface area contributed by atoms with Crippen molar-refractivity contribution in [3.05, 3.63) is 60.3 Å². The standard InChI is InChI=1S/C14H14N2.C4H4O4/c1-11-13-7-8-14(16(13)10-9-15-11)12-5-3-2-4-6-12;5-3(6)1-2-4(7)8/h2-8H,9-10H2,1H3;1-2H,(H,5,6)(H,7,8)/b;2-1+. The summed E-state index contributed by atoms with van der Waals surface area (Å²) in [6, 6.07) is 14.9. The summed E-state index contributed by atoms with van der Waals surface area (Å²) in [7, 11) is 0. The number of aliphatic imine (C=N–C) groups is 1. The molecular formula is C18H18N2O4. The van der Waals surface area contributed by atoms with Gasteiger partial charge in [0.2, 0.25) is 0 Å². The fourth-order valence-corrected chi connectivity index (χ4v) is 2.43. The average molecular weight is 326 g/mol. The highest BCUT2D eigenvalue weighted by Gasteiger charge is 2.14. The van der Waals surface area contributed by atoms with E-state index in [9.17, 15) is 9.59 Å². The van der Waals surface area contributed by atoms with Gasteiger partial charge < -0.3 is 14.8 Å². The molecule has 0 radical (unpaired) electrons. The topological polar surface area (TPSA) is 91.9 Å². The van der Waals surface area contributed by atoms with Crippen LogP contribution in [0, 0.1) is 0 Å². The zero-order chi connectivity index (χ0) is 17.5. The minimum absolute atomic E-state index is 0.558. The van der Waals surface area contributed by atoms with Crippen LogP contribution < -0.4 is 0 Å². The maximum Gasteiger partial charge on any atom is 0.328 e. The maximum atomic E-state index is 9.55. The monoisotopic (exact) mass is 326 g/mol. The zero-order valence-electron chi connectivity index (χ0n) is 13.2. The molecule has 0 amide bonds. The van der Waals surface area contributed by atoms with Gasteiger partial charge in [-0.2, -0.15) is 0 Å². The molecule has 0 atom stereocenters. The van der Waals surface area contributed by atoms with Crippen molar-refractivity contribution < 1.29 is 19.8 Å². The Labute approximate surface area is 139 Å². The lowest BCUT2D eigenvalue weighted by Crippen LogP contribution is -2.16. The van der Waals surface area contributed by atoms with E-state index in [0.717, 1.165) is 18.8 Å². The number of nitrogens with zero attached hydrogens (tertiary/aromatic N) is 2. The van der Waals surface area contributed by atoms with Crippen molar-refractivity contribution in [2.45, 2.75) is 13.5 Å². The van der Waals surface area contributed by atoms with Gasteiger partial charge in [-0.15, -0.1) is 0 Å². The Morgan fingerprint density at radius 3 is 2.17 bits per heavy atom.